The first-order chi connectivity index (χ1) is 21.7. The molecule has 2 aromatic carbocycles. The Balaban J connectivity index is 1.47. The van der Waals surface area contributed by atoms with Crippen LogP contribution in [0.25, 0.3) is 22.3 Å². The Hall–Kier alpha value is -4.53. The van der Waals surface area contributed by atoms with Gasteiger partial charge in [-0.2, -0.15) is 0 Å². The Morgan fingerprint density at radius 1 is 0.717 bits per heavy atom. The summed E-state index contributed by atoms with van der Waals surface area (Å²) < 4.78 is 32.4. The van der Waals surface area contributed by atoms with Crippen molar-refractivity contribution in [1.29, 1.82) is 0 Å². The number of aromatic hydroxyl groups is 1. The highest BCUT2D eigenvalue weighted by atomic mass is 16.7. The molecule has 0 unspecified atom stereocenters. The molecule has 0 saturated carbocycles. The number of phenolic OH excluding ortho intramolecular Hbond substituents is 1. The van der Waals surface area contributed by atoms with E-state index >= 15 is 0 Å². The lowest BCUT2D eigenvalue weighted by atomic mass is 9.99. The van der Waals surface area contributed by atoms with Crippen molar-refractivity contribution < 1.29 is 83.6 Å². The largest absolute Gasteiger partial charge is 0.507 e. The van der Waals surface area contributed by atoms with Gasteiger partial charge in [0.1, 0.15) is 64.9 Å². The number of carboxylic acids is 2. The molecule has 10 atom stereocenters. The molecule has 5 rings (SSSR count). The summed E-state index contributed by atoms with van der Waals surface area (Å²) in [5, 5.41) is 89.5. The van der Waals surface area contributed by atoms with E-state index in [1.165, 1.54) is 25.3 Å². The number of carboxylic acid groups (broad SMARTS) is 2. The van der Waals surface area contributed by atoms with E-state index in [0.29, 0.717) is 0 Å². The molecule has 2 aliphatic heterocycles. The highest BCUT2D eigenvalue weighted by Gasteiger charge is 2.49. The summed E-state index contributed by atoms with van der Waals surface area (Å²) in [4.78, 5) is 35.9. The zero-order valence-electron chi connectivity index (χ0n) is 23.4. The Morgan fingerprint density at radius 2 is 1.28 bits per heavy atom. The van der Waals surface area contributed by atoms with Crippen molar-refractivity contribution in [3.8, 4) is 34.3 Å². The molecule has 1 aromatic heterocycles. The van der Waals surface area contributed by atoms with Gasteiger partial charge in [0.2, 0.25) is 12.6 Å². The van der Waals surface area contributed by atoms with Gasteiger partial charge in [-0.15, -0.1) is 0 Å². The minimum absolute atomic E-state index is 0.0431. The molecular weight excluding hydrogens is 624 g/mol. The molecule has 3 heterocycles. The maximum Gasteiger partial charge on any atom is 0.335 e. The van der Waals surface area contributed by atoms with Gasteiger partial charge in [-0.25, -0.2) is 9.59 Å². The fraction of sp³-hybridized carbons (Fsp3) is 0.393. The predicted molar refractivity (Wildman–Crippen MR) is 146 cm³/mol. The van der Waals surface area contributed by atoms with Crippen LogP contribution in [-0.4, -0.2) is 126 Å². The van der Waals surface area contributed by atoms with Gasteiger partial charge < -0.3 is 74.1 Å². The summed E-state index contributed by atoms with van der Waals surface area (Å²) in [6.45, 7) is 0. The second-order valence-electron chi connectivity index (χ2n) is 10.4. The molecule has 0 spiro atoms. The van der Waals surface area contributed by atoms with Crippen LogP contribution in [0.3, 0.4) is 0 Å². The second-order valence-corrected chi connectivity index (χ2v) is 10.4. The molecule has 18 heteroatoms. The summed E-state index contributed by atoms with van der Waals surface area (Å²) in [7, 11) is 1.27. The molecule has 0 bridgehead atoms. The van der Waals surface area contributed by atoms with Crippen molar-refractivity contribution in [2.45, 2.75) is 61.4 Å². The molecule has 0 aliphatic carbocycles. The third kappa shape index (κ3) is 6.02. The Labute approximate surface area is 256 Å². The molecule has 248 valence electrons. The fourth-order valence-electron chi connectivity index (χ4n) is 4.93. The van der Waals surface area contributed by atoms with E-state index < -0.39 is 84.5 Å². The van der Waals surface area contributed by atoms with Gasteiger partial charge in [0, 0.05) is 23.8 Å². The number of ether oxygens (including phenoxy) is 5. The highest BCUT2D eigenvalue weighted by Crippen LogP contribution is 2.37. The van der Waals surface area contributed by atoms with E-state index in [4.69, 9.17) is 28.1 Å². The number of rotatable bonds is 8. The molecule has 9 N–H and O–H groups in total. The van der Waals surface area contributed by atoms with Crippen LogP contribution in [-0.2, 0) is 19.1 Å². The number of benzene rings is 2. The first kappa shape index (κ1) is 32.9. The average Bonchev–Trinajstić information content (AvgIpc) is 3.00. The topological polar surface area (TPSA) is 293 Å². The average molecular weight is 653 g/mol. The molecule has 2 aliphatic rings. The minimum atomic E-state index is -1.97. The summed E-state index contributed by atoms with van der Waals surface area (Å²) >= 11 is 0. The van der Waals surface area contributed by atoms with Crippen LogP contribution in [0.4, 0.5) is 0 Å². The van der Waals surface area contributed by atoms with E-state index in [1.54, 1.807) is 0 Å². The Kier molecular flexibility index (Phi) is 9.07. The fourth-order valence-corrected chi connectivity index (χ4v) is 4.93. The van der Waals surface area contributed by atoms with Gasteiger partial charge >= 0.3 is 11.9 Å². The van der Waals surface area contributed by atoms with Crippen LogP contribution in [0.1, 0.15) is 0 Å². The molecule has 0 amide bonds. The van der Waals surface area contributed by atoms with E-state index in [2.05, 4.69) is 0 Å². The summed E-state index contributed by atoms with van der Waals surface area (Å²) in [5.41, 5.74) is -0.845. The van der Waals surface area contributed by atoms with Crippen LogP contribution in [0.15, 0.2) is 45.6 Å². The van der Waals surface area contributed by atoms with Gasteiger partial charge in [0.05, 0.1) is 7.11 Å². The SMILES string of the molecule is COc1ccc(-c2cc(=O)c3c(O)cc(O[C@H]4O[C@H](C(=O)O)[C@@H](O)[C@H](O)[C@H]4O)cc3o2)cc1O[C@H]1O[C@H](C(=O)O)[C@@H](O)[C@H](O)[C@H]1O. The van der Waals surface area contributed by atoms with Crippen molar-refractivity contribution in [1.82, 2.24) is 0 Å². The van der Waals surface area contributed by atoms with Gasteiger partial charge in [-0.3, -0.25) is 4.79 Å². The lowest BCUT2D eigenvalue weighted by Gasteiger charge is -2.38. The molecule has 46 heavy (non-hydrogen) atoms. The van der Waals surface area contributed by atoms with Crippen molar-refractivity contribution in [3.05, 3.63) is 46.6 Å². The first-order valence-corrected chi connectivity index (χ1v) is 13.4. The number of hydrogen-bond donors (Lipinski definition) is 9. The van der Waals surface area contributed by atoms with Crippen molar-refractivity contribution >= 4 is 22.9 Å². The van der Waals surface area contributed by atoms with E-state index in [9.17, 15) is 60.3 Å². The zero-order valence-corrected chi connectivity index (χ0v) is 23.4. The third-order valence-corrected chi connectivity index (χ3v) is 7.35. The van der Waals surface area contributed by atoms with E-state index in [-0.39, 0.29) is 39.5 Å². The number of aliphatic carboxylic acids is 2. The van der Waals surface area contributed by atoms with Gasteiger partial charge in [-0.05, 0) is 18.2 Å². The number of hydrogen-bond acceptors (Lipinski definition) is 16. The summed E-state index contributed by atoms with van der Waals surface area (Å²) in [6.07, 6.45) is -19.2. The van der Waals surface area contributed by atoms with Crippen LogP contribution < -0.4 is 19.6 Å². The Morgan fingerprint density at radius 3 is 1.83 bits per heavy atom. The molecule has 0 radical (unpaired) electrons. The third-order valence-electron chi connectivity index (χ3n) is 7.35. The molecular formula is C28H28O18. The summed E-state index contributed by atoms with van der Waals surface area (Å²) in [6, 6.07) is 7.13. The van der Waals surface area contributed by atoms with E-state index in [0.717, 1.165) is 18.2 Å². The number of phenols is 1. The normalized spacial score (nSPS) is 31.3. The first-order valence-electron chi connectivity index (χ1n) is 13.4. The molecule has 3 aromatic rings. The summed E-state index contributed by atoms with van der Waals surface area (Å²) in [5.74, 6) is -4.45. The van der Waals surface area contributed by atoms with Crippen LogP contribution in [0, 0.1) is 0 Å². The standard InChI is InChI=1S/C28H28O18/c1-41-12-3-2-8(4-14(12)44-28-22(36)18(32)20(34)24(46-28)26(39)40)13-7-11(30)16-10(29)5-9(6-15(16)43-13)42-27-21(35)17(31)19(33)23(45-27)25(37)38/h2-7,17-24,27-29,31-36H,1H3,(H,37,38)(H,39,40)/t17-,18-,19-,20-,21+,22+,23-,24-,27-,28-/m0/s1. The van der Waals surface area contributed by atoms with Crippen molar-refractivity contribution in [3.63, 3.8) is 0 Å². The van der Waals surface area contributed by atoms with Gasteiger partial charge in [0.15, 0.2) is 29.1 Å². The Bertz CT molecular complexity index is 1690. The number of carbonyl (C=O) groups is 2. The van der Waals surface area contributed by atoms with Crippen LogP contribution in [0.2, 0.25) is 0 Å². The smallest absolute Gasteiger partial charge is 0.335 e. The highest BCUT2D eigenvalue weighted by molar-refractivity contribution is 5.86. The lowest BCUT2D eigenvalue weighted by molar-refractivity contribution is -0.271. The zero-order chi connectivity index (χ0) is 33.6. The van der Waals surface area contributed by atoms with Crippen LogP contribution in [0.5, 0.6) is 23.0 Å². The maximum atomic E-state index is 13.0. The van der Waals surface area contributed by atoms with Gasteiger partial charge in [-0.1, -0.05) is 0 Å². The minimum Gasteiger partial charge on any atom is -0.507 e. The van der Waals surface area contributed by atoms with Crippen molar-refractivity contribution in [2.24, 2.45) is 0 Å². The number of fused-ring (bicyclic) bond motifs is 1. The molecule has 18 nitrogen and oxygen atoms in total. The number of aliphatic hydroxyl groups excluding tert-OH is 6. The monoisotopic (exact) mass is 652 g/mol. The quantitative estimate of drug-likeness (QED) is 0.124. The maximum absolute atomic E-state index is 13.0. The van der Waals surface area contributed by atoms with Crippen LogP contribution >= 0.6 is 0 Å². The van der Waals surface area contributed by atoms with E-state index in [1.807, 2.05) is 0 Å². The second kappa shape index (κ2) is 12.7. The van der Waals surface area contributed by atoms with Crippen molar-refractivity contribution in [2.75, 3.05) is 7.11 Å². The predicted octanol–water partition coefficient (Wildman–Crippen LogP) is -2.28. The number of aliphatic hydroxyl groups is 6. The van der Waals surface area contributed by atoms with Gasteiger partial charge in [0.25, 0.3) is 0 Å². The number of methoxy groups -OCH3 is 1. The molecule has 2 saturated heterocycles. The lowest BCUT2D eigenvalue weighted by Crippen LogP contribution is -2.61. The molecule has 2 fully saturated rings.